The molecule has 8 heteroatoms. The zero-order chi connectivity index (χ0) is 16.2. The van der Waals surface area contributed by atoms with Crippen LogP contribution in [-0.4, -0.2) is 38.6 Å². The molecule has 1 aliphatic rings. The molecule has 1 saturated carbocycles. The number of nitrogens with zero attached hydrogens (tertiary/aromatic N) is 3. The number of amides is 1. The van der Waals surface area contributed by atoms with E-state index >= 15 is 0 Å². The molecule has 23 heavy (non-hydrogen) atoms. The van der Waals surface area contributed by atoms with Gasteiger partial charge in [0.1, 0.15) is 12.3 Å². The first-order valence-corrected chi connectivity index (χ1v) is 7.27. The lowest BCUT2D eigenvalue weighted by Crippen LogP contribution is -2.19. The lowest BCUT2D eigenvalue weighted by Gasteiger charge is -2.12. The highest BCUT2D eigenvalue weighted by molar-refractivity contribution is 5.92. The predicted molar refractivity (Wildman–Crippen MR) is 80.3 cm³/mol. The van der Waals surface area contributed by atoms with E-state index in [1.54, 1.807) is 18.2 Å². The monoisotopic (exact) mass is 316 g/mol. The molecule has 0 unspecified atom stereocenters. The van der Waals surface area contributed by atoms with E-state index in [1.165, 1.54) is 23.7 Å². The van der Waals surface area contributed by atoms with Crippen molar-refractivity contribution in [1.82, 2.24) is 15.0 Å². The summed E-state index contributed by atoms with van der Waals surface area (Å²) in [6.45, 7) is 0.523. The highest BCUT2D eigenvalue weighted by Crippen LogP contribution is 2.31. The summed E-state index contributed by atoms with van der Waals surface area (Å²) in [7, 11) is 0. The minimum absolute atomic E-state index is 0.128. The molecular weight excluding hydrogens is 300 g/mol. The number of aromatic nitrogens is 3. The fourth-order valence-corrected chi connectivity index (χ4v) is 2.00. The van der Waals surface area contributed by atoms with Crippen LogP contribution >= 0.6 is 0 Å². The normalized spacial score (nSPS) is 13.6. The molecule has 0 radical (unpaired) electrons. The second-order valence-corrected chi connectivity index (χ2v) is 5.41. The molecule has 120 valence electrons. The number of carbonyl (C=O) groups excluding carboxylic acids is 1. The third-order valence-corrected chi connectivity index (χ3v) is 3.40. The van der Waals surface area contributed by atoms with Crippen LogP contribution in [0.4, 0.5) is 5.69 Å². The van der Waals surface area contributed by atoms with Crippen LogP contribution in [-0.2, 0) is 11.3 Å². The van der Waals surface area contributed by atoms with Crippen LogP contribution < -0.4 is 10.1 Å². The number of carboxylic acids is 1. The average Bonchev–Trinajstić information content (AvgIpc) is 3.23. The highest BCUT2D eigenvalue weighted by atomic mass is 16.5. The second kappa shape index (κ2) is 6.47. The van der Waals surface area contributed by atoms with Gasteiger partial charge in [-0.15, -0.1) is 5.10 Å². The number of carboxylic acid groups (broad SMARTS) is 1. The van der Waals surface area contributed by atoms with Crippen LogP contribution in [0.2, 0.25) is 0 Å². The molecule has 8 nitrogen and oxygen atoms in total. The van der Waals surface area contributed by atoms with Crippen LogP contribution in [0.1, 0.15) is 23.3 Å². The van der Waals surface area contributed by atoms with E-state index in [4.69, 9.17) is 9.84 Å². The average molecular weight is 316 g/mol. The summed E-state index contributed by atoms with van der Waals surface area (Å²) in [5.74, 6) is -0.286. The van der Waals surface area contributed by atoms with Gasteiger partial charge < -0.3 is 15.2 Å². The van der Waals surface area contributed by atoms with Gasteiger partial charge in [0.15, 0.2) is 5.69 Å². The molecule has 1 aromatic carbocycles. The smallest absolute Gasteiger partial charge is 0.358 e. The second-order valence-electron chi connectivity index (χ2n) is 5.41. The topological polar surface area (TPSA) is 106 Å². The number of hydrogen-bond acceptors (Lipinski definition) is 5. The third-order valence-electron chi connectivity index (χ3n) is 3.40. The number of anilines is 1. The maximum absolute atomic E-state index is 12.1. The quantitative estimate of drug-likeness (QED) is 0.800. The molecule has 1 heterocycles. The fraction of sp³-hybridized carbons (Fsp3) is 0.333. The van der Waals surface area contributed by atoms with Gasteiger partial charge >= 0.3 is 5.97 Å². The van der Waals surface area contributed by atoms with Crippen molar-refractivity contribution in [2.75, 3.05) is 11.9 Å². The molecule has 0 bridgehead atoms. The first kappa shape index (κ1) is 15.0. The molecule has 2 N–H and O–H groups in total. The van der Waals surface area contributed by atoms with E-state index in [0.29, 0.717) is 24.0 Å². The van der Waals surface area contributed by atoms with Crippen molar-refractivity contribution in [2.45, 2.75) is 19.4 Å². The fourth-order valence-electron chi connectivity index (χ4n) is 2.00. The molecule has 3 rings (SSSR count). The van der Waals surface area contributed by atoms with E-state index < -0.39 is 5.97 Å². The number of hydrogen-bond donors (Lipinski definition) is 2. The summed E-state index contributed by atoms with van der Waals surface area (Å²) in [5, 5.41) is 18.6. The number of benzene rings is 1. The maximum atomic E-state index is 12.1. The standard InChI is InChI=1S/C15H16N4O4/c20-14(8-19-7-12(15(21)22)17-18-19)16-11-3-1-2-4-13(11)23-9-10-5-6-10/h1-4,7,10H,5-6,8-9H2,(H,16,20)(H,21,22). The van der Waals surface area contributed by atoms with Crippen LogP contribution in [0.25, 0.3) is 0 Å². The van der Waals surface area contributed by atoms with Crippen LogP contribution in [0, 0.1) is 5.92 Å². The zero-order valence-electron chi connectivity index (χ0n) is 12.3. The largest absolute Gasteiger partial charge is 0.491 e. The van der Waals surface area contributed by atoms with E-state index in [-0.39, 0.29) is 18.1 Å². The molecule has 1 aromatic heterocycles. The third kappa shape index (κ3) is 4.06. The molecule has 0 saturated heterocycles. The highest BCUT2D eigenvalue weighted by Gasteiger charge is 2.22. The summed E-state index contributed by atoms with van der Waals surface area (Å²) in [6, 6.07) is 7.20. The van der Waals surface area contributed by atoms with Gasteiger partial charge in [0, 0.05) is 0 Å². The van der Waals surface area contributed by atoms with E-state index in [0.717, 1.165) is 0 Å². The first-order valence-electron chi connectivity index (χ1n) is 7.27. The lowest BCUT2D eigenvalue weighted by molar-refractivity contribution is -0.116. The molecular formula is C15H16N4O4. The van der Waals surface area contributed by atoms with Gasteiger partial charge in [0.2, 0.25) is 5.91 Å². The van der Waals surface area contributed by atoms with Crippen molar-refractivity contribution in [2.24, 2.45) is 5.92 Å². The minimum atomic E-state index is -1.18. The lowest BCUT2D eigenvalue weighted by atomic mass is 10.3. The van der Waals surface area contributed by atoms with Crippen LogP contribution in [0.3, 0.4) is 0 Å². The van der Waals surface area contributed by atoms with Crippen molar-refractivity contribution >= 4 is 17.6 Å². The Bertz CT molecular complexity index is 724. The van der Waals surface area contributed by atoms with Crippen molar-refractivity contribution in [1.29, 1.82) is 0 Å². The number of rotatable bonds is 7. The number of carbonyl (C=O) groups is 2. The van der Waals surface area contributed by atoms with Crippen LogP contribution in [0.5, 0.6) is 5.75 Å². The van der Waals surface area contributed by atoms with E-state index in [9.17, 15) is 9.59 Å². The molecule has 1 aliphatic carbocycles. The number of para-hydroxylation sites is 2. The SMILES string of the molecule is O=C(Cn1cc(C(=O)O)nn1)Nc1ccccc1OCC1CC1. The molecule has 0 aliphatic heterocycles. The van der Waals surface area contributed by atoms with Crippen molar-refractivity contribution in [3.63, 3.8) is 0 Å². The van der Waals surface area contributed by atoms with Crippen LogP contribution in [0.15, 0.2) is 30.5 Å². The molecule has 2 aromatic rings. The van der Waals surface area contributed by atoms with Gasteiger partial charge in [0.05, 0.1) is 18.5 Å². The number of ether oxygens (including phenoxy) is 1. The van der Waals surface area contributed by atoms with E-state index in [1.807, 2.05) is 6.07 Å². The summed E-state index contributed by atoms with van der Waals surface area (Å²) in [5.41, 5.74) is 0.377. The summed E-state index contributed by atoms with van der Waals surface area (Å²) >= 11 is 0. The molecule has 0 atom stereocenters. The Morgan fingerprint density at radius 1 is 1.35 bits per heavy atom. The van der Waals surface area contributed by atoms with Gasteiger partial charge in [-0.2, -0.15) is 0 Å². The minimum Gasteiger partial charge on any atom is -0.491 e. The van der Waals surface area contributed by atoms with Crippen molar-refractivity contribution in [3.8, 4) is 5.75 Å². The molecule has 1 fully saturated rings. The Kier molecular flexibility index (Phi) is 4.22. The Morgan fingerprint density at radius 2 is 2.13 bits per heavy atom. The number of aromatic carboxylic acids is 1. The van der Waals surface area contributed by atoms with Gasteiger partial charge in [-0.25, -0.2) is 9.48 Å². The molecule has 1 amide bonds. The summed E-state index contributed by atoms with van der Waals surface area (Å²) < 4.78 is 6.89. The zero-order valence-corrected chi connectivity index (χ0v) is 12.3. The maximum Gasteiger partial charge on any atom is 0.358 e. The summed E-state index contributed by atoms with van der Waals surface area (Å²) in [6.07, 6.45) is 3.58. The Hall–Kier alpha value is -2.90. The van der Waals surface area contributed by atoms with Gasteiger partial charge in [-0.1, -0.05) is 17.3 Å². The Balaban J connectivity index is 1.61. The van der Waals surface area contributed by atoms with E-state index in [2.05, 4.69) is 15.6 Å². The number of nitrogens with one attached hydrogen (secondary N) is 1. The van der Waals surface area contributed by atoms with Crippen molar-refractivity contribution < 1.29 is 19.4 Å². The molecule has 0 spiro atoms. The summed E-state index contributed by atoms with van der Waals surface area (Å²) in [4.78, 5) is 22.8. The van der Waals surface area contributed by atoms with Crippen molar-refractivity contribution in [3.05, 3.63) is 36.2 Å². The Morgan fingerprint density at radius 3 is 2.83 bits per heavy atom. The van der Waals surface area contributed by atoms with Gasteiger partial charge in [-0.3, -0.25) is 4.79 Å². The predicted octanol–water partition coefficient (Wildman–Crippen LogP) is 1.40. The Labute approximate surface area is 132 Å². The van der Waals surface area contributed by atoms with Gasteiger partial charge in [0.25, 0.3) is 0 Å². The van der Waals surface area contributed by atoms with Gasteiger partial charge in [-0.05, 0) is 30.9 Å². The first-order chi connectivity index (χ1) is 11.1.